The van der Waals surface area contributed by atoms with Gasteiger partial charge in [-0.2, -0.15) is 0 Å². The van der Waals surface area contributed by atoms with Crippen molar-refractivity contribution in [3.63, 3.8) is 0 Å². The quantitative estimate of drug-likeness (QED) is 0.848. The minimum Gasteiger partial charge on any atom is -0.347 e. The van der Waals surface area contributed by atoms with Crippen LogP contribution in [0.2, 0.25) is 0 Å². The third kappa shape index (κ3) is 2.43. The maximum absolute atomic E-state index is 12.0. The number of hydrogen-bond acceptors (Lipinski definition) is 2. The summed E-state index contributed by atoms with van der Waals surface area (Å²) in [5, 5.41) is 3.10. The Bertz CT molecular complexity index is 400. The molecule has 1 aromatic heterocycles. The highest BCUT2D eigenvalue weighted by Gasteiger charge is 2.30. The molecule has 1 fully saturated rings. The molecule has 1 aliphatic rings. The maximum Gasteiger partial charge on any atom is 0.254 e. The van der Waals surface area contributed by atoms with Crippen LogP contribution in [0.5, 0.6) is 0 Å². The summed E-state index contributed by atoms with van der Waals surface area (Å²) in [7, 11) is 0. The molecular formula is C12H15BrN2O. The summed E-state index contributed by atoms with van der Waals surface area (Å²) < 4.78 is 0.606. The minimum absolute atomic E-state index is 0.0354. The van der Waals surface area contributed by atoms with Gasteiger partial charge in [-0.05, 0) is 47.8 Å². The van der Waals surface area contributed by atoms with Gasteiger partial charge in [-0.3, -0.25) is 4.79 Å². The Morgan fingerprint density at radius 1 is 1.50 bits per heavy atom. The van der Waals surface area contributed by atoms with E-state index in [-0.39, 0.29) is 11.4 Å². The molecule has 1 heterocycles. The van der Waals surface area contributed by atoms with E-state index in [0.29, 0.717) is 10.2 Å². The van der Waals surface area contributed by atoms with Crippen molar-refractivity contribution in [1.82, 2.24) is 10.3 Å². The van der Waals surface area contributed by atoms with E-state index in [1.165, 1.54) is 12.8 Å². The predicted octanol–water partition coefficient (Wildman–Crippen LogP) is 2.91. The summed E-state index contributed by atoms with van der Waals surface area (Å²) in [6.45, 7) is 2.11. The van der Waals surface area contributed by atoms with Crippen molar-refractivity contribution in [3.05, 3.63) is 28.5 Å². The van der Waals surface area contributed by atoms with Crippen molar-refractivity contribution in [1.29, 1.82) is 0 Å². The largest absolute Gasteiger partial charge is 0.347 e. The Morgan fingerprint density at radius 2 is 2.19 bits per heavy atom. The highest BCUT2D eigenvalue weighted by atomic mass is 79.9. The molecule has 3 nitrogen and oxygen atoms in total. The van der Waals surface area contributed by atoms with Gasteiger partial charge in [0.1, 0.15) is 4.60 Å². The summed E-state index contributed by atoms with van der Waals surface area (Å²) in [6, 6.07) is 3.56. The minimum atomic E-state index is -0.0376. The van der Waals surface area contributed by atoms with Crippen LogP contribution in [-0.4, -0.2) is 16.4 Å². The van der Waals surface area contributed by atoms with Crippen molar-refractivity contribution in [3.8, 4) is 0 Å². The molecule has 2 rings (SSSR count). The average molecular weight is 283 g/mol. The van der Waals surface area contributed by atoms with Gasteiger partial charge in [-0.25, -0.2) is 4.98 Å². The van der Waals surface area contributed by atoms with Gasteiger partial charge < -0.3 is 5.32 Å². The van der Waals surface area contributed by atoms with Crippen LogP contribution in [0.25, 0.3) is 0 Å². The van der Waals surface area contributed by atoms with Crippen LogP contribution in [0.3, 0.4) is 0 Å². The Kier molecular flexibility index (Phi) is 3.28. The van der Waals surface area contributed by atoms with Gasteiger partial charge in [0.2, 0.25) is 0 Å². The van der Waals surface area contributed by atoms with Crippen LogP contribution in [-0.2, 0) is 0 Å². The highest BCUT2D eigenvalue weighted by Crippen LogP contribution is 2.29. The zero-order valence-corrected chi connectivity index (χ0v) is 10.9. The molecular weight excluding hydrogens is 268 g/mol. The number of carbonyl (C=O) groups is 1. The molecule has 0 atom stereocenters. The Morgan fingerprint density at radius 3 is 2.81 bits per heavy atom. The SMILES string of the molecule is CC1(NC(=O)c2cccnc2Br)CCCC1. The molecule has 0 aromatic carbocycles. The van der Waals surface area contributed by atoms with Crippen LogP contribution >= 0.6 is 15.9 Å². The second-order valence-corrected chi connectivity index (χ2v) is 5.31. The number of carbonyl (C=O) groups excluding carboxylic acids is 1. The number of aromatic nitrogens is 1. The van der Waals surface area contributed by atoms with Crippen LogP contribution in [0.4, 0.5) is 0 Å². The van der Waals surface area contributed by atoms with Crippen LogP contribution < -0.4 is 5.32 Å². The first-order chi connectivity index (χ1) is 7.61. The fourth-order valence-electron chi connectivity index (χ4n) is 2.18. The van der Waals surface area contributed by atoms with Crippen molar-refractivity contribution in [2.24, 2.45) is 0 Å². The van der Waals surface area contributed by atoms with Crippen molar-refractivity contribution >= 4 is 21.8 Å². The van der Waals surface area contributed by atoms with Gasteiger partial charge in [0.25, 0.3) is 5.91 Å². The standard InChI is InChI=1S/C12H15BrN2O/c1-12(6-2-3-7-12)15-11(16)9-5-4-8-14-10(9)13/h4-5,8H,2-3,6-7H2,1H3,(H,15,16). The maximum atomic E-state index is 12.0. The van der Waals surface area contributed by atoms with Gasteiger partial charge >= 0.3 is 0 Å². The first-order valence-corrected chi connectivity index (χ1v) is 6.33. The van der Waals surface area contributed by atoms with E-state index in [1.54, 1.807) is 18.3 Å². The molecule has 0 spiro atoms. The monoisotopic (exact) mass is 282 g/mol. The predicted molar refractivity (Wildman–Crippen MR) is 66.3 cm³/mol. The van der Waals surface area contributed by atoms with E-state index in [4.69, 9.17) is 0 Å². The molecule has 0 saturated heterocycles. The molecule has 1 saturated carbocycles. The molecule has 86 valence electrons. The lowest BCUT2D eigenvalue weighted by molar-refractivity contribution is 0.0907. The molecule has 4 heteroatoms. The van der Waals surface area contributed by atoms with E-state index < -0.39 is 0 Å². The van der Waals surface area contributed by atoms with E-state index in [9.17, 15) is 4.79 Å². The number of hydrogen-bond donors (Lipinski definition) is 1. The molecule has 1 aliphatic carbocycles. The average Bonchev–Trinajstić information content (AvgIpc) is 2.65. The Balaban J connectivity index is 2.11. The second-order valence-electron chi connectivity index (χ2n) is 4.56. The van der Waals surface area contributed by atoms with Crippen molar-refractivity contribution < 1.29 is 4.79 Å². The first-order valence-electron chi connectivity index (χ1n) is 5.54. The van der Waals surface area contributed by atoms with Crippen molar-refractivity contribution in [2.45, 2.75) is 38.1 Å². The number of nitrogens with one attached hydrogen (secondary N) is 1. The van der Waals surface area contributed by atoms with E-state index >= 15 is 0 Å². The van der Waals surface area contributed by atoms with Crippen molar-refractivity contribution in [2.75, 3.05) is 0 Å². The Labute approximate surface area is 104 Å². The van der Waals surface area contributed by atoms with Crippen LogP contribution in [0.1, 0.15) is 43.0 Å². The molecule has 0 radical (unpaired) electrons. The van der Waals surface area contributed by atoms with Gasteiger partial charge in [-0.15, -0.1) is 0 Å². The van der Waals surface area contributed by atoms with E-state index in [0.717, 1.165) is 12.8 Å². The number of pyridine rings is 1. The van der Waals surface area contributed by atoms with Crippen LogP contribution in [0, 0.1) is 0 Å². The molecule has 0 bridgehead atoms. The number of rotatable bonds is 2. The van der Waals surface area contributed by atoms with Gasteiger partial charge in [0.15, 0.2) is 0 Å². The van der Waals surface area contributed by atoms with Gasteiger partial charge in [-0.1, -0.05) is 12.8 Å². The summed E-state index contributed by atoms with van der Waals surface area (Å²) in [6.07, 6.45) is 6.20. The van der Waals surface area contributed by atoms with E-state index in [2.05, 4.69) is 33.2 Å². The first kappa shape index (κ1) is 11.6. The second kappa shape index (κ2) is 4.53. The van der Waals surface area contributed by atoms with Crippen LogP contribution in [0.15, 0.2) is 22.9 Å². The zero-order chi connectivity index (χ0) is 11.6. The third-order valence-electron chi connectivity index (χ3n) is 3.13. The van der Waals surface area contributed by atoms with E-state index in [1.807, 2.05) is 0 Å². The number of amides is 1. The fourth-order valence-corrected chi connectivity index (χ4v) is 2.61. The molecule has 1 N–H and O–H groups in total. The summed E-state index contributed by atoms with van der Waals surface area (Å²) in [5.74, 6) is -0.0376. The topological polar surface area (TPSA) is 42.0 Å². The zero-order valence-electron chi connectivity index (χ0n) is 9.29. The fraction of sp³-hybridized carbons (Fsp3) is 0.500. The summed E-state index contributed by atoms with van der Waals surface area (Å²) in [5.41, 5.74) is 0.572. The molecule has 16 heavy (non-hydrogen) atoms. The molecule has 0 unspecified atom stereocenters. The van der Waals surface area contributed by atoms with Gasteiger partial charge in [0, 0.05) is 11.7 Å². The summed E-state index contributed by atoms with van der Waals surface area (Å²) in [4.78, 5) is 16.1. The smallest absolute Gasteiger partial charge is 0.254 e. The van der Waals surface area contributed by atoms with Gasteiger partial charge in [0.05, 0.1) is 5.56 Å². The number of halogens is 1. The lowest BCUT2D eigenvalue weighted by atomic mass is 10.0. The molecule has 1 aromatic rings. The number of nitrogens with zero attached hydrogens (tertiary/aromatic N) is 1. The summed E-state index contributed by atoms with van der Waals surface area (Å²) >= 11 is 3.29. The molecule has 0 aliphatic heterocycles. The normalized spacial score (nSPS) is 18.4. The third-order valence-corrected chi connectivity index (χ3v) is 3.76. The lowest BCUT2D eigenvalue weighted by Crippen LogP contribution is -2.43. The molecule has 1 amide bonds. The highest BCUT2D eigenvalue weighted by molar-refractivity contribution is 9.10. The Hall–Kier alpha value is -0.900. The lowest BCUT2D eigenvalue weighted by Gasteiger charge is -2.25.